The van der Waals surface area contributed by atoms with Gasteiger partial charge in [0, 0.05) is 25.7 Å². The molecule has 5 atom stereocenters. The molecule has 0 saturated heterocycles. The Hall–Kier alpha value is -1.94. The molecule has 3 unspecified atom stereocenters. The molecule has 0 amide bonds. The second-order valence-corrected chi connectivity index (χ2v) is 29.0. The summed E-state index contributed by atoms with van der Waals surface area (Å²) < 4.78 is 68.1. The first-order valence-electron chi connectivity index (χ1n) is 34.7. The van der Waals surface area contributed by atoms with Gasteiger partial charge in [0.15, 0.2) is 12.2 Å². The average Bonchev–Trinajstić information content (AvgIpc) is 3.59. The van der Waals surface area contributed by atoms with Crippen LogP contribution in [-0.4, -0.2) is 96.7 Å². The number of carbonyl (C=O) groups excluding carboxylic acids is 4. The first kappa shape index (κ1) is 84.1. The van der Waals surface area contributed by atoms with Gasteiger partial charge in [0.1, 0.15) is 19.3 Å². The van der Waals surface area contributed by atoms with E-state index in [9.17, 15) is 43.2 Å². The summed E-state index contributed by atoms with van der Waals surface area (Å²) in [5.41, 5.74) is 0. The van der Waals surface area contributed by atoms with Crippen molar-refractivity contribution < 1.29 is 80.2 Å². The molecule has 3 N–H and O–H groups in total. The summed E-state index contributed by atoms with van der Waals surface area (Å²) in [5.74, 6) is 0.760. The smallest absolute Gasteiger partial charge is 0.462 e. The van der Waals surface area contributed by atoms with Gasteiger partial charge in [-0.3, -0.25) is 37.3 Å². The predicted octanol–water partition coefficient (Wildman–Crippen LogP) is 18.5. The molecular weight excluding hydrogens is 1140 g/mol. The van der Waals surface area contributed by atoms with Crippen molar-refractivity contribution in [2.45, 2.75) is 343 Å². The van der Waals surface area contributed by atoms with Gasteiger partial charge in [0.05, 0.1) is 26.4 Å². The Morgan fingerprint density at radius 2 is 0.488 bits per heavy atom. The zero-order valence-corrected chi connectivity index (χ0v) is 57.7. The van der Waals surface area contributed by atoms with Crippen LogP contribution in [0.3, 0.4) is 0 Å². The first-order valence-corrected chi connectivity index (χ1v) is 37.7. The fourth-order valence-corrected chi connectivity index (χ4v) is 11.5. The normalized spacial score (nSPS) is 14.4. The lowest BCUT2D eigenvalue weighted by atomic mass is 10.0. The van der Waals surface area contributed by atoms with E-state index in [2.05, 4.69) is 55.4 Å². The molecule has 17 nitrogen and oxygen atoms in total. The molecule has 0 rings (SSSR count). The van der Waals surface area contributed by atoms with E-state index in [-0.39, 0.29) is 25.7 Å². The second-order valence-electron chi connectivity index (χ2n) is 26.1. The van der Waals surface area contributed by atoms with E-state index in [4.69, 9.17) is 37.0 Å². The number of hydrogen-bond donors (Lipinski definition) is 3. The van der Waals surface area contributed by atoms with Crippen LogP contribution >= 0.6 is 15.6 Å². The number of hydrogen-bond acceptors (Lipinski definition) is 15. The van der Waals surface area contributed by atoms with Crippen LogP contribution in [0.25, 0.3) is 0 Å². The summed E-state index contributed by atoms with van der Waals surface area (Å²) in [6.07, 6.45) is 37.8. The van der Waals surface area contributed by atoms with E-state index < -0.39 is 97.5 Å². The van der Waals surface area contributed by atoms with Crippen molar-refractivity contribution in [2.75, 3.05) is 39.6 Å². The number of phosphoric acid groups is 2. The standard InChI is InChI=1S/C67H130O17P2/c1-57(2)43-35-27-19-13-11-9-10-12-14-24-33-41-49-66(71)83-62(53-77-64(69)47-39-31-22-17-15-20-28-36-44-58(3)4)55-81-85(73,74)79-51-61(68)52-80-86(75,76)82-56-63(84-67(72)50-42-34-26-25-30-38-46-60(7)8)54-78-65(70)48-40-32-23-18-16-21-29-37-45-59(5)6/h57-63,68H,9-56H2,1-8H3,(H,73,74)(H,75,76)/t61?,62-,63-/m1/s1. The summed E-state index contributed by atoms with van der Waals surface area (Å²) in [6.45, 7) is 14.0. The maximum Gasteiger partial charge on any atom is 0.472 e. The molecule has 0 aromatic heterocycles. The molecule has 0 spiro atoms. The number of unbranched alkanes of at least 4 members (excludes halogenated alkanes) is 30. The molecule has 0 aromatic rings. The molecule has 0 bridgehead atoms. The Labute approximate surface area is 524 Å². The lowest BCUT2D eigenvalue weighted by Crippen LogP contribution is -2.30. The van der Waals surface area contributed by atoms with Crippen molar-refractivity contribution in [1.29, 1.82) is 0 Å². The molecule has 0 aliphatic heterocycles. The van der Waals surface area contributed by atoms with Crippen molar-refractivity contribution in [3.05, 3.63) is 0 Å². The first-order chi connectivity index (χ1) is 41.1. The van der Waals surface area contributed by atoms with Gasteiger partial charge in [0.2, 0.25) is 0 Å². The van der Waals surface area contributed by atoms with E-state index in [0.717, 1.165) is 108 Å². The Morgan fingerprint density at radius 3 is 0.721 bits per heavy atom. The van der Waals surface area contributed by atoms with Gasteiger partial charge in [-0.25, -0.2) is 9.13 Å². The van der Waals surface area contributed by atoms with Crippen LogP contribution in [-0.2, 0) is 65.4 Å². The van der Waals surface area contributed by atoms with Crippen molar-refractivity contribution in [2.24, 2.45) is 23.7 Å². The minimum atomic E-state index is -4.95. The SMILES string of the molecule is CC(C)CCCCCCCCCCCCCCC(=O)O[C@H](COC(=O)CCCCCCCCCCC(C)C)COP(=O)(O)OCC(O)COP(=O)(O)OC[C@@H](COC(=O)CCCCCCCCCCC(C)C)OC(=O)CCCCCCCCC(C)C. The molecule has 0 aliphatic carbocycles. The van der Waals surface area contributed by atoms with Crippen LogP contribution < -0.4 is 0 Å². The van der Waals surface area contributed by atoms with Crippen LogP contribution in [0.5, 0.6) is 0 Å². The monoisotopic (exact) mass is 1270 g/mol. The number of phosphoric ester groups is 2. The lowest BCUT2D eigenvalue weighted by Gasteiger charge is -2.21. The number of aliphatic hydroxyl groups excluding tert-OH is 1. The zero-order valence-electron chi connectivity index (χ0n) is 55.9. The van der Waals surface area contributed by atoms with Gasteiger partial charge >= 0.3 is 39.5 Å². The highest BCUT2D eigenvalue weighted by molar-refractivity contribution is 7.47. The zero-order chi connectivity index (χ0) is 63.9. The van der Waals surface area contributed by atoms with E-state index in [0.29, 0.717) is 31.6 Å². The molecule has 0 heterocycles. The fourth-order valence-electron chi connectivity index (χ4n) is 9.96. The highest BCUT2D eigenvalue weighted by atomic mass is 31.2. The van der Waals surface area contributed by atoms with Crippen molar-refractivity contribution in [1.82, 2.24) is 0 Å². The van der Waals surface area contributed by atoms with Gasteiger partial charge in [-0.05, 0) is 49.4 Å². The Morgan fingerprint density at radius 1 is 0.291 bits per heavy atom. The number of rotatable bonds is 64. The maximum absolute atomic E-state index is 13.0. The molecule has 0 aromatic carbocycles. The highest BCUT2D eigenvalue weighted by Gasteiger charge is 2.30. The summed E-state index contributed by atoms with van der Waals surface area (Å²) in [6, 6.07) is 0. The van der Waals surface area contributed by atoms with E-state index in [1.165, 1.54) is 128 Å². The third-order valence-corrected chi connectivity index (χ3v) is 17.2. The summed E-state index contributed by atoms with van der Waals surface area (Å²) in [4.78, 5) is 72.3. The molecule has 0 aliphatic rings. The molecule has 0 radical (unpaired) electrons. The van der Waals surface area contributed by atoms with Crippen molar-refractivity contribution >= 4 is 39.5 Å². The third-order valence-electron chi connectivity index (χ3n) is 15.3. The number of ether oxygens (including phenoxy) is 4. The van der Waals surface area contributed by atoms with E-state index >= 15 is 0 Å². The predicted molar refractivity (Wildman–Crippen MR) is 344 cm³/mol. The molecular formula is C67H130O17P2. The van der Waals surface area contributed by atoms with Gasteiger partial charge in [-0.15, -0.1) is 0 Å². The molecule has 0 saturated carbocycles. The third kappa shape index (κ3) is 60.9. The van der Waals surface area contributed by atoms with E-state index in [1.807, 2.05) is 0 Å². The van der Waals surface area contributed by atoms with Gasteiger partial charge in [-0.2, -0.15) is 0 Å². The van der Waals surface area contributed by atoms with Crippen LogP contribution in [0, 0.1) is 23.7 Å². The molecule has 86 heavy (non-hydrogen) atoms. The largest absolute Gasteiger partial charge is 0.472 e. The Kier molecular flexibility index (Phi) is 55.7. The number of carbonyl (C=O) groups is 4. The van der Waals surface area contributed by atoms with Crippen molar-refractivity contribution in [3.63, 3.8) is 0 Å². The second kappa shape index (κ2) is 57.0. The molecule has 19 heteroatoms. The number of esters is 4. The quantitative estimate of drug-likeness (QED) is 0.0222. The van der Waals surface area contributed by atoms with E-state index in [1.54, 1.807) is 0 Å². The highest BCUT2D eigenvalue weighted by Crippen LogP contribution is 2.45. The summed E-state index contributed by atoms with van der Waals surface area (Å²) in [5, 5.41) is 10.6. The number of aliphatic hydroxyl groups is 1. The average molecular weight is 1270 g/mol. The maximum atomic E-state index is 13.0. The summed E-state index contributed by atoms with van der Waals surface area (Å²) >= 11 is 0. The molecule has 510 valence electrons. The summed E-state index contributed by atoms with van der Waals surface area (Å²) in [7, 11) is -9.89. The Balaban J connectivity index is 5.24. The van der Waals surface area contributed by atoms with Gasteiger partial charge < -0.3 is 33.8 Å². The Bertz CT molecular complexity index is 1710. The fraction of sp³-hybridized carbons (Fsp3) is 0.940. The van der Waals surface area contributed by atoms with Gasteiger partial charge in [0.25, 0.3) is 0 Å². The van der Waals surface area contributed by atoms with Crippen LogP contribution in [0.1, 0.15) is 325 Å². The van der Waals surface area contributed by atoms with Crippen LogP contribution in [0.15, 0.2) is 0 Å². The topological polar surface area (TPSA) is 237 Å². The van der Waals surface area contributed by atoms with Crippen LogP contribution in [0.2, 0.25) is 0 Å². The van der Waals surface area contributed by atoms with Gasteiger partial charge in [-0.1, -0.05) is 274 Å². The molecule has 0 fully saturated rings. The minimum absolute atomic E-state index is 0.101. The minimum Gasteiger partial charge on any atom is -0.462 e. The van der Waals surface area contributed by atoms with Crippen molar-refractivity contribution in [3.8, 4) is 0 Å². The lowest BCUT2D eigenvalue weighted by molar-refractivity contribution is -0.161. The van der Waals surface area contributed by atoms with Crippen LogP contribution in [0.4, 0.5) is 0 Å².